The van der Waals surface area contributed by atoms with Crippen LogP contribution in [-0.2, 0) is 5.41 Å². The summed E-state index contributed by atoms with van der Waals surface area (Å²) in [4.78, 5) is 7.20. The first-order valence-corrected chi connectivity index (χ1v) is 31.7. The fourth-order valence-electron chi connectivity index (χ4n) is 14.7. The minimum Gasteiger partial charge on any atom is -0.456 e. The number of anilines is 6. The van der Waals surface area contributed by atoms with Crippen molar-refractivity contribution in [3.8, 4) is 33.4 Å². The largest absolute Gasteiger partial charge is 0.456 e. The zero-order valence-electron chi connectivity index (χ0n) is 47.7. The first-order valence-electron chi connectivity index (χ1n) is 30.1. The molecule has 4 heterocycles. The van der Waals surface area contributed by atoms with Gasteiger partial charge >= 0.3 is 0 Å². The van der Waals surface area contributed by atoms with Gasteiger partial charge < -0.3 is 18.6 Å². The highest BCUT2D eigenvalue weighted by molar-refractivity contribution is 7.99. The standard InChI is InChI=1S/C83H48N2O2S2/c1-3-21-52(22-4-1)64-46-59(50-75-80(64)63-28-10-15-34-74(63)86-75)85(56-41-43-77-66(45-56)61-27-11-16-35-76(61)88-77)72-32-19-31-70-81(72)62-42-40-57(49-71(62)83(70)68-29-12-17-36-78(68)89-79-37-18-13-30-69(79)83)84(55-24-5-2-6-25-55)58-47-65(54-39-38-51-20-7-8-23-53(51)44-54)82-67(48-58)60-26-9-14-33-73(60)87-82/h1-17,19-36,38-50H. The Hall–Kier alpha value is -11.1. The third-order valence-corrected chi connectivity index (χ3v) is 20.8. The average Bonchev–Trinajstić information content (AvgIpc) is 1.55. The van der Waals surface area contributed by atoms with Gasteiger partial charge in [0, 0.05) is 86.6 Å². The van der Waals surface area contributed by atoms with Crippen LogP contribution in [0.15, 0.2) is 310 Å². The molecule has 17 aromatic rings. The van der Waals surface area contributed by atoms with E-state index in [4.69, 9.17) is 8.83 Å². The van der Waals surface area contributed by atoms with Crippen LogP contribution in [0.4, 0.5) is 34.1 Å². The minimum absolute atomic E-state index is 0.792. The van der Waals surface area contributed by atoms with E-state index in [9.17, 15) is 0 Å². The molecule has 1 aliphatic heterocycles. The van der Waals surface area contributed by atoms with Crippen molar-refractivity contribution in [2.24, 2.45) is 0 Å². The molecule has 1 unspecified atom stereocenters. The first-order chi connectivity index (χ1) is 44.1. The summed E-state index contributed by atoms with van der Waals surface area (Å²) in [7, 11) is 0. The maximum atomic E-state index is 6.96. The number of thiophene rings is 1. The van der Waals surface area contributed by atoms with E-state index >= 15 is 0 Å². The van der Waals surface area contributed by atoms with Crippen molar-refractivity contribution in [3.05, 3.63) is 326 Å². The Bertz CT molecular complexity index is 5710. The molecule has 0 amide bonds. The Morgan fingerprint density at radius 2 is 1.04 bits per heavy atom. The summed E-state index contributed by atoms with van der Waals surface area (Å²) in [6.45, 7) is 0. The van der Waals surface area contributed by atoms with Crippen molar-refractivity contribution in [1.82, 2.24) is 0 Å². The monoisotopic (exact) mass is 1170 g/mol. The van der Waals surface area contributed by atoms with Crippen LogP contribution in [0.3, 0.4) is 0 Å². The molecule has 4 nitrogen and oxygen atoms in total. The Morgan fingerprint density at radius 1 is 0.360 bits per heavy atom. The fraction of sp³-hybridized carbons (Fsp3) is 0.0120. The van der Waals surface area contributed by atoms with Gasteiger partial charge in [-0.05, 0) is 164 Å². The molecule has 19 rings (SSSR count). The summed E-state index contributed by atoms with van der Waals surface area (Å²) < 4.78 is 16.4. The highest BCUT2D eigenvalue weighted by Crippen LogP contribution is 2.65. The lowest BCUT2D eigenvalue weighted by Crippen LogP contribution is -2.32. The molecule has 6 heteroatoms. The van der Waals surface area contributed by atoms with Gasteiger partial charge in [-0.15, -0.1) is 11.3 Å². The van der Waals surface area contributed by atoms with E-state index in [1.165, 1.54) is 58.1 Å². The van der Waals surface area contributed by atoms with Crippen molar-refractivity contribution in [2.75, 3.05) is 9.80 Å². The highest BCUT2D eigenvalue weighted by atomic mass is 32.2. The second-order valence-corrected chi connectivity index (χ2v) is 25.4. The van der Waals surface area contributed by atoms with Crippen molar-refractivity contribution in [1.29, 1.82) is 0 Å². The molecule has 1 spiro atoms. The third kappa shape index (κ3) is 7.50. The van der Waals surface area contributed by atoms with Gasteiger partial charge in [0.1, 0.15) is 22.3 Å². The van der Waals surface area contributed by atoms with Crippen LogP contribution in [0.1, 0.15) is 22.3 Å². The summed E-state index contributed by atoms with van der Waals surface area (Å²) in [5.41, 5.74) is 20.2. The van der Waals surface area contributed by atoms with E-state index < -0.39 is 5.41 Å². The number of benzene rings is 13. The summed E-state index contributed by atoms with van der Waals surface area (Å²) in [6.07, 6.45) is 0. The lowest BCUT2D eigenvalue weighted by Gasteiger charge is -2.39. The number of fused-ring (bicyclic) bond motifs is 19. The van der Waals surface area contributed by atoms with Crippen LogP contribution >= 0.6 is 23.1 Å². The Balaban J connectivity index is 0.905. The van der Waals surface area contributed by atoms with E-state index in [0.29, 0.717) is 0 Å². The Morgan fingerprint density at radius 3 is 1.93 bits per heavy atom. The fourth-order valence-corrected chi connectivity index (χ4v) is 17.0. The van der Waals surface area contributed by atoms with E-state index in [1.54, 1.807) is 11.8 Å². The molecule has 0 radical (unpaired) electrons. The van der Waals surface area contributed by atoms with E-state index in [2.05, 4.69) is 313 Å². The lowest BCUT2D eigenvalue weighted by atomic mass is 9.67. The van der Waals surface area contributed by atoms with Crippen molar-refractivity contribution < 1.29 is 8.83 Å². The Labute approximate surface area is 521 Å². The lowest BCUT2D eigenvalue weighted by molar-refractivity contribution is 0.669. The first kappa shape index (κ1) is 50.1. The molecule has 0 N–H and O–H groups in total. The van der Waals surface area contributed by atoms with Crippen LogP contribution in [-0.4, -0.2) is 0 Å². The van der Waals surface area contributed by atoms with Gasteiger partial charge in [-0.25, -0.2) is 0 Å². The van der Waals surface area contributed by atoms with Crippen LogP contribution in [0.25, 0.3) is 108 Å². The van der Waals surface area contributed by atoms with Crippen LogP contribution < -0.4 is 9.80 Å². The number of rotatable bonds is 8. The second kappa shape index (κ2) is 19.5. The number of hydrogen-bond donors (Lipinski definition) is 0. The van der Waals surface area contributed by atoms with Crippen LogP contribution in [0.5, 0.6) is 0 Å². The van der Waals surface area contributed by atoms with Gasteiger partial charge in [0.25, 0.3) is 0 Å². The maximum Gasteiger partial charge on any atom is 0.143 e. The van der Waals surface area contributed by atoms with Crippen molar-refractivity contribution in [2.45, 2.75) is 15.2 Å². The molecule has 14 aromatic carbocycles. The molecule has 414 valence electrons. The zero-order valence-corrected chi connectivity index (χ0v) is 49.4. The summed E-state index contributed by atoms with van der Waals surface area (Å²) in [5.74, 6) is 0. The molecule has 2 aliphatic rings. The predicted molar refractivity (Wildman–Crippen MR) is 371 cm³/mol. The van der Waals surface area contributed by atoms with E-state index in [-0.39, 0.29) is 0 Å². The van der Waals surface area contributed by atoms with Gasteiger partial charge in [-0.3, -0.25) is 0 Å². The summed E-state index contributed by atoms with van der Waals surface area (Å²) >= 11 is 3.62. The highest BCUT2D eigenvalue weighted by Gasteiger charge is 2.52. The maximum absolute atomic E-state index is 6.96. The van der Waals surface area contributed by atoms with Gasteiger partial charge in [0.05, 0.1) is 21.7 Å². The number of para-hydroxylation sites is 3. The van der Waals surface area contributed by atoms with Gasteiger partial charge in [-0.2, -0.15) is 0 Å². The molecule has 89 heavy (non-hydrogen) atoms. The van der Waals surface area contributed by atoms with E-state index in [0.717, 1.165) is 116 Å². The van der Waals surface area contributed by atoms with E-state index in [1.807, 2.05) is 11.3 Å². The molecule has 3 aromatic heterocycles. The average molecular weight is 1170 g/mol. The molecule has 0 saturated carbocycles. The normalized spacial score (nSPS) is 12.9. The van der Waals surface area contributed by atoms with Crippen LogP contribution in [0.2, 0.25) is 0 Å². The zero-order chi connectivity index (χ0) is 58.3. The molecular weight excluding hydrogens is 1120 g/mol. The van der Waals surface area contributed by atoms with Crippen LogP contribution in [0, 0.1) is 12.1 Å². The van der Waals surface area contributed by atoms with Gasteiger partial charge in [0.2, 0.25) is 0 Å². The van der Waals surface area contributed by atoms with Gasteiger partial charge in [0.15, 0.2) is 0 Å². The predicted octanol–water partition coefficient (Wildman–Crippen LogP) is 23.7. The SMILES string of the molecule is c1ccc2c(c#1)Sc1ccccc1C21c2cc(N(c3ccccc3)c3cc(-c4ccc5ccccc5c4)c4oc5ccccc5c4c3)ccc2-c2c(N(c3cc(-c4ccccc4)c4c(c3)oc3ccccc34)c3ccc4sc5ccccc5c4c3)cccc21. The number of hydrogen-bond acceptors (Lipinski definition) is 6. The number of furan rings is 2. The summed E-state index contributed by atoms with van der Waals surface area (Å²) in [5, 5.41) is 9.15. The van der Waals surface area contributed by atoms with Gasteiger partial charge in [-0.1, -0.05) is 200 Å². The van der Waals surface area contributed by atoms with Crippen molar-refractivity contribution in [3.63, 3.8) is 0 Å². The third-order valence-electron chi connectivity index (χ3n) is 18.5. The molecule has 1 atom stereocenters. The quantitative estimate of drug-likeness (QED) is 0.151. The Kier molecular flexibility index (Phi) is 11.0. The molecular formula is C83H48N2O2S2. The molecule has 1 aliphatic carbocycles. The number of nitrogens with zero attached hydrogens (tertiary/aromatic N) is 2. The molecule has 0 saturated heterocycles. The molecule has 0 fully saturated rings. The molecule has 0 bridgehead atoms. The second-order valence-electron chi connectivity index (χ2n) is 23.3. The van der Waals surface area contributed by atoms with Crippen molar-refractivity contribution >= 4 is 132 Å². The smallest absolute Gasteiger partial charge is 0.143 e. The summed E-state index contributed by atoms with van der Waals surface area (Å²) in [6, 6.07) is 114. The topological polar surface area (TPSA) is 32.8 Å². The minimum atomic E-state index is -0.792.